The van der Waals surface area contributed by atoms with Gasteiger partial charge in [-0.05, 0) is 60.3 Å². The van der Waals surface area contributed by atoms with E-state index < -0.39 is 11.8 Å². The molecule has 0 unspecified atom stereocenters. The molecule has 8 heteroatoms. The zero-order valence-electron chi connectivity index (χ0n) is 16.5. The van der Waals surface area contributed by atoms with Gasteiger partial charge in [-0.1, -0.05) is 59.6 Å². The minimum absolute atomic E-state index is 0.0275. The van der Waals surface area contributed by atoms with Crippen LogP contribution in [0.1, 0.15) is 11.1 Å². The molecular formula is C24H16Cl2N2O3S. The average Bonchev–Trinajstić information content (AvgIpc) is 2.77. The minimum Gasteiger partial charge on any atom is -0.489 e. The summed E-state index contributed by atoms with van der Waals surface area (Å²) in [6.07, 6.45) is 1.51. The van der Waals surface area contributed by atoms with Crippen LogP contribution in [0.5, 0.6) is 5.75 Å². The first-order valence-electron chi connectivity index (χ1n) is 9.55. The highest BCUT2D eigenvalue weighted by atomic mass is 35.5. The number of carbonyl (C=O) groups is 2. The second-order valence-electron chi connectivity index (χ2n) is 6.89. The summed E-state index contributed by atoms with van der Waals surface area (Å²) in [5.74, 6) is -0.486. The van der Waals surface area contributed by atoms with Crippen LogP contribution in [-0.2, 0) is 16.2 Å². The van der Waals surface area contributed by atoms with Gasteiger partial charge >= 0.3 is 0 Å². The Morgan fingerprint density at radius 3 is 2.50 bits per heavy atom. The molecule has 2 amide bonds. The molecule has 3 aromatic rings. The van der Waals surface area contributed by atoms with Crippen LogP contribution < -0.4 is 15.0 Å². The highest BCUT2D eigenvalue weighted by Crippen LogP contribution is 2.25. The van der Waals surface area contributed by atoms with Gasteiger partial charge in [-0.15, -0.1) is 0 Å². The fourth-order valence-corrected chi connectivity index (χ4v) is 3.87. The molecule has 5 nitrogen and oxygen atoms in total. The predicted molar refractivity (Wildman–Crippen MR) is 130 cm³/mol. The SMILES string of the molecule is O=C1NC(=S)N(c2ccccc2)C(=O)/C1=C/c1cccc(OCc2ccc(Cl)cc2Cl)c1. The molecule has 0 spiro atoms. The second-order valence-corrected chi connectivity index (χ2v) is 8.12. The molecule has 1 aliphatic heterocycles. The smallest absolute Gasteiger partial charge is 0.270 e. The van der Waals surface area contributed by atoms with E-state index in [-0.39, 0.29) is 17.3 Å². The monoisotopic (exact) mass is 482 g/mol. The van der Waals surface area contributed by atoms with Crippen molar-refractivity contribution in [1.29, 1.82) is 0 Å². The van der Waals surface area contributed by atoms with Crippen molar-refractivity contribution in [2.75, 3.05) is 4.90 Å². The van der Waals surface area contributed by atoms with Crippen molar-refractivity contribution in [3.05, 3.63) is 99.5 Å². The lowest BCUT2D eigenvalue weighted by Gasteiger charge is -2.28. The van der Waals surface area contributed by atoms with Crippen molar-refractivity contribution < 1.29 is 14.3 Å². The Labute approximate surface area is 200 Å². The zero-order chi connectivity index (χ0) is 22.7. The minimum atomic E-state index is -0.550. The summed E-state index contributed by atoms with van der Waals surface area (Å²) in [7, 11) is 0. The highest BCUT2D eigenvalue weighted by Gasteiger charge is 2.34. The van der Waals surface area contributed by atoms with Crippen molar-refractivity contribution in [1.82, 2.24) is 5.32 Å². The number of hydrogen-bond acceptors (Lipinski definition) is 4. The number of carbonyl (C=O) groups excluding carboxylic acids is 2. The lowest BCUT2D eigenvalue weighted by atomic mass is 10.1. The first-order chi connectivity index (χ1) is 15.4. The van der Waals surface area contributed by atoms with E-state index in [1.54, 1.807) is 66.7 Å². The maximum Gasteiger partial charge on any atom is 0.270 e. The molecule has 160 valence electrons. The molecule has 0 atom stereocenters. The van der Waals surface area contributed by atoms with E-state index in [9.17, 15) is 9.59 Å². The number of rotatable bonds is 5. The van der Waals surface area contributed by atoms with Crippen molar-refractivity contribution in [2.45, 2.75) is 6.61 Å². The molecule has 1 fully saturated rings. The van der Waals surface area contributed by atoms with Gasteiger partial charge in [0.2, 0.25) is 0 Å². The Balaban J connectivity index is 1.57. The molecule has 0 radical (unpaired) electrons. The molecule has 0 aliphatic carbocycles. The first kappa shape index (κ1) is 22.0. The molecule has 1 aliphatic rings. The number of benzene rings is 3. The summed E-state index contributed by atoms with van der Waals surface area (Å²) >= 11 is 17.3. The van der Waals surface area contributed by atoms with Crippen LogP contribution in [0.15, 0.2) is 78.4 Å². The molecule has 1 heterocycles. The van der Waals surface area contributed by atoms with E-state index in [1.165, 1.54) is 11.0 Å². The molecule has 1 saturated heterocycles. The Morgan fingerprint density at radius 2 is 1.75 bits per heavy atom. The van der Waals surface area contributed by atoms with Crippen molar-refractivity contribution >= 4 is 64.1 Å². The van der Waals surface area contributed by atoms with Gasteiger partial charge in [0.15, 0.2) is 5.11 Å². The number of amides is 2. The summed E-state index contributed by atoms with van der Waals surface area (Å²) in [4.78, 5) is 26.8. The van der Waals surface area contributed by atoms with Crippen LogP contribution >= 0.6 is 35.4 Å². The standard InChI is InChI=1S/C24H16Cl2N2O3S/c25-17-10-9-16(21(26)13-17)14-31-19-8-4-5-15(11-19)12-20-22(29)27-24(32)28(23(20)30)18-6-2-1-3-7-18/h1-13H,14H2,(H,27,29,32)/b20-12+. The number of nitrogens with zero attached hydrogens (tertiary/aromatic N) is 1. The van der Waals surface area contributed by atoms with Gasteiger partial charge in [-0.2, -0.15) is 0 Å². The first-order valence-corrected chi connectivity index (χ1v) is 10.7. The van der Waals surface area contributed by atoms with E-state index in [1.807, 2.05) is 6.07 Å². The van der Waals surface area contributed by atoms with E-state index in [0.717, 1.165) is 5.56 Å². The molecule has 0 saturated carbocycles. The summed E-state index contributed by atoms with van der Waals surface area (Å²) < 4.78 is 5.83. The van der Waals surface area contributed by atoms with Gasteiger partial charge < -0.3 is 4.74 Å². The lowest BCUT2D eigenvalue weighted by Crippen LogP contribution is -2.54. The number of nitrogens with one attached hydrogen (secondary N) is 1. The second kappa shape index (κ2) is 9.53. The molecule has 0 bridgehead atoms. The van der Waals surface area contributed by atoms with Gasteiger partial charge in [0, 0.05) is 15.6 Å². The highest BCUT2D eigenvalue weighted by molar-refractivity contribution is 7.80. The number of thiocarbonyl (C=S) groups is 1. The fourth-order valence-electron chi connectivity index (χ4n) is 3.13. The topological polar surface area (TPSA) is 58.6 Å². The third-order valence-corrected chi connectivity index (χ3v) is 5.57. The van der Waals surface area contributed by atoms with E-state index in [2.05, 4.69) is 5.32 Å². The Hall–Kier alpha value is -3.19. The van der Waals surface area contributed by atoms with Crippen LogP contribution in [0.3, 0.4) is 0 Å². The fraction of sp³-hybridized carbons (Fsp3) is 0.0417. The van der Waals surface area contributed by atoms with E-state index in [0.29, 0.717) is 27.0 Å². The Morgan fingerprint density at radius 1 is 0.969 bits per heavy atom. The zero-order valence-corrected chi connectivity index (χ0v) is 18.9. The average molecular weight is 483 g/mol. The van der Waals surface area contributed by atoms with E-state index in [4.69, 9.17) is 40.2 Å². The van der Waals surface area contributed by atoms with Crippen molar-refractivity contribution in [2.24, 2.45) is 0 Å². The van der Waals surface area contributed by atoms with Gasteiger partial charge in [0.25, 0.3) is 11.8 Å². The number of halogens is 2. The number of anilines is 1. The molecule has 3 aromatic carbocycles. The van der Waals surface area contributed by atoms with Crippen molar-refractivity contribution in [3.63, 3.8) is 0 Å². The Kier molecular flexibility index (Phi) is 6.55. The largest absolute Gasteiger partial charge is 0.489 e. The molecular weight excluding hydrogens is 467 g/mol. The maximum absolute atomic E-state index is 13.1. The number of ether oxygens (including phenoxy) is 1. The van der Waals surface area contributed by atoms with Crippen LogP contribution in [0.4, 0.5) is 5.69 Å². The lowest BCUT2D eigenvalue weighted by molar-refractivity contribution is -0.122. The van der Waals surface area contributed by atoms with Gasteiger partial charge in [0.1, 0.15) is 17.9 Å². The molecule has 32 heavy (non-hydrogen) atoms. The molecule has 0 aromatic heterocycles. The third-order valence-electron chi connectivity index (χ3n) is 4.69. The summed E-state index contributed by atoms with van der Waals surface area (Å²) in [6, 6.07) is 21.1. The third kappa shape index (κ3) is 4.83. The quantitative estimate of drug-likeness (QED) is 0.300. The number of hydrogen-bond donors (Lipinski definition) is 1. The number of para-hydroxylation sites is 1. The van der Waals surface area contributed by atoms with Gasteiger partial charge in [-0.25, -0.2) is 0 Å². The van der Waals surface area contributed by atoms with Crippen LogP contribution in [0, 0.1) is 0 Å². The summed E-state index contributed by atoms with van der Waals surface area (Å²) in [5, 5.41) is 3.67. The van der Waals surface area contributed by atoms with Crippen LogP contribution in [0.2, 0.25) is 10.0 Å². The summed E-state index contributed by atoms with van der Waals surface area (Å²) in [6.45, 7) is 0.242. The normalized spacial score (nSPS) is 15.1. The van der Waals surface area contributed by atoms with Gasteiger partial charge in [0.05, 0.1) is 5.69 Å². The Bertz CT molecular complexity index is 1250. The predicted octanol–water partition coefficient (Wildman–Crippen LogP) is 5.40. The van der Waals surface area contributed by atoms with Crippen LogP contribution in [-0.4, -0.2) is 16.9 Å². The summed E-state index contributed by atoms with van der Waals surface area (Å²) in [5.41, 5.74) is 1.96. The van der Waals surface area contributed by atoms with Crippen LogP contribution in [0.25, 0.3) is 6.08 Å². The van der Waals surface area contributed by atoms with Gasteiger partial charge in [-0.3, -0.25) is 19.8 Å². The molecule has 4 rings (SSSR count). The van der Waals surface area contributed by atoms with Crippen molar-refractivity contribution in [3.8, 4) is 5.75 Å². The van der Waals surface area contributed by atoms with E-state index >= 15 is 0 Å². The molecule has 1 N–H and O–H groups in total. The maximum atomic E-state index is 13.1.